The maximum atomic E-state index is 12.4. The molecule has 2 aliphatic heterocycles. The molecule has 4 rings (SSSR count). The van der Waals surface area contributed by atoms with E-state index in [9.17, 15) is 29.4 Å². The van der Waals surface area contributed by atoms with Gasteiger partial charge in [-0.15, -0.1) is 0 Å². The fourth-order valence-electron chi connectivity index (χ4n) is 6.87. The van der Waals surface area contributed by atoms with Crippen LogP contribution in [-0.2, 0) is 36.8 Å². The van der Waals surface area contributed by atoms with E-state index in [4.69, 9.17) is 5.11 Å². The number of rotatable bonds is 21. The number of methoxy groups -OCH3 is 1. The largest absolute Gasteiger partial charge is 0.481 e. The van der Waals surface area contributed by atoms with Crippen molar-refractivity contribution in [2.45, 2.75) is 127 Å². The number of allylic oxidation sites excluding steroid dienone is 1. The Balaban J connectivity index is 0.000000296. The predicted octanol–water partition coefficient (Wildman–Crippen LogP) is 6.99. The average Bonchev–Trinajstić information content (AvgIpc) is 3.18. The number of nitrogens with zero attached hydrogens (tertiary/aromatic N) is 2. The topological polar surface area (TPSA) is 145 Å². The van der Waals surface area contributed by atoms with Crippen LogP contribution in [0, 0.1) is 0 Å². The van der Waals surface area contributed by atoms with Gasteiger partial charge in [0.05, 0.1) is 31.4 Å². The quantitative estimate of drug-likeness (QED) is 0.0703. The second kappa shape index (κ2) is 26.3. The number of carbonyl (C=O) groups excluding carboxylic acids is 3. The Labute approximate surface area is 327 Å². The van der Waals surface area contributed by atoms with Crippen molar-refractivity contribution in [2.24, 2.45) is 0 Å². The van der Waals surface area contributed by atoms with E-state index in [2.05, 4.69) is 4.74 Å². The first-order valence-electron chi connectivity index (χ1n) is 20.0. The molecule has 55 heavy (non-hydrogen) atoms. The van der Waals surface area contributed by atoms with Gasteiger partial charge in [0, 0.05) is 51.6 Å². The summed E-state index contributed by atoms with van der Waals surface area (Å²) in [6.07, 6.45) is 21.9. The minimum atomic E-state index is -0.783. The molecule has 4 atom stereocenters. The van der Waals surface area contributed by atoms with Crippen LogP contribution in [0.2, 0.25) is 0 Å². The Bertz CT molecular complexity index is 1510. The molecule has 2 heterocycles. The molecule has 3 unspecified atom stereocenters. The van der Waals surface area contributed by atoms with Crippen LogP contribution in [0.5, 0.6) is 0 Å². The number of aliphatic carboxylic acids is 1. The molecular formula is C45H62N2O8. The van der Waals surface area contributed by atoms with Crippen molar-refractivity contribution in [1.82, 2.24) is 9.80 Å². The number of unbranched alkanes of at least 4 members (excludes halogenated alkanes) is 4. The van der Waals surface area contributed by atoms with E-state index in [0.29, 0.717) is 51.5 Å². The average molecular weight is 759 g/mol. The van der Waals surface area contributed by atoms with E-state index in [0.717, 1.165) is 69.0 Å². The number of aliphatic hydroxyl groups is 2. The summed E-state index contributed by atoms with van der Waals surface area (Å²) < 4.78 is 4.64. The van der Waals surface area contributed by atoms with Crippen LogP contribution in [-0.4, -0.2) is 93.4 Å². The SMILES string of the molecule is COC(=O)CCCCCCN1C(=O)CCC[C@@H]1/C=C/C(O)Cc1ccccc1.O=C(O)CCC/C=C\CN1C(=O)CCCC1/C=C/C(O)Cc1ccccc1. The summed E-state index contributed by atoms with van der Waals surface area (Å²) in [6, 6.07) is 19.8. The molecule has 300 valence electrons. The summed E-state index contributed by atoms with van der Waals surface area (Å²) in [6.45, 7) is 1.26. The maximum absolute atomic E-state index is 12.4. The minimum Gasteiger partial charge on any atom is -0.481 e. The number of hydrogen-bond donors (Lipinski definition) is 3. The van der Waals surface area contributed by atoms with Crippen LogP contribution in [0.1, 0.15) is 101 Å². The van der Waals surface area contributed by atoms with Crippen molar-refractivity contribution in [1.29, 1.82) is 0 Å². The lowest BCUT2D eigenvalue weighted by atomic mass is 9.99. The van der Waals surface area contributed by atoms with Gasteiger partial charge in [0.2, 0.25) is 11.8 Å². The highest BCUT2D eigenvalue weighted by Gasteiger charge is 2.26. The minimum absolute atomic E-state index is 0.000318. The molecule has 10 nitrogen and oxygen atoms in total. The highest BCUT2D eigenvalue weighted by Crippen LogP contribution is 2.22. The molecular weight excluding hydrogens is 697 g/mol. The number of benzene rings is 2. The van der Waals surface area contributed by atoms with Gasteiger partial charge in [-0.25, -0.2) is 0 Å². The molecule has 0 aliphatic carbocycles. The number of esters is 1. The molecule has 3 N–H and O–H groups in total. The first-order valence-corrected chi connectivity index (χ1v) is 20.0. The zero-order valence-corrected chi connectivity index (χ0v) is 32.6. The van der Waals surface area contributed by atoms with E-state index in [1.165, 1.54) is 7.11 Å². The Morgan fingerprint density at radius 3 is 1.80 bits per heavy atom. The van der Waals surface area contributed by atoms with Crippen LogP contribution in [0.25, 0.3) is 0 Å². The van der Waals surface area contributed by atoms with E-state index in [1.54, 1.807) is 6.08 Å². The second-order valence-electron chi connectivity index (χ2n) is 14.3. The molecule has 10 heteroatoms. The molecule has 0 spiro atoms. The number of carbonyl (C=O) groups is 4. The third-order valence-electron chi connectivity index (χ3n) is 9.90. The van der Waals surface area contributed by atoms with Gasteiger partial charge in [0.25, 0.3) is 0 Å². The normalized spacial score (nSPS) is 18.7. The highest BCUT2D eigenvalue weighted by molar-refractivity contribution is 5.78. The molecule has 2 aromatic rings. The first-order chi connectivity index (χ1) is 26.7. The Kier molecular flexibility index (Phi) is 21.4. The van der Waals surface area contributed by atoms with Gasteiger partial charge in [-0.2, -0.15) is 0 Å². The summed E-state index contributed by atoms with van der Waals surface area (Å²) >= 11 is 0. The van der Waals surface area contributed by atoms with E-state index in [1.807, 2.05) is 101 Å². The molecule has 0 aromatic heterocycles. The lowest BCUT2D eigenvalue weighted by Crippen LogP contribution is -2.43. The lowest BCUT2D eigenvalue weighted by Gasteiger charge is -2.34. The molecule has 2 fully saturated rings. The second-order valence-corrected chi connectivity index (χ2v) is 14.3. The zero-order valence-electron chi connectivity index (χ0n) is 32.6. The summed E-state index contributed by atoms with van der Waals surface area (Å²) in [7, 11) is 1.41. The van der Waals surface area contributed by atoms with Crippen molar-refractivity contribution < 1.29 is 39.2 Å². The summed E-state index contributed by atoms with van der Waals surface area (Å²) in [5.41, 5.74) is 2.18. The van der Waals surface area contributed by atoms with Crippen LogP contribution < -0.4 is 0 Å². The molecule has 2 aromatic carbocycles. The number of carboxylic acid groups (broad SMARTS) is 1. The Morgan fingerprint density at radius 1 is 0.727 bits per heavy atom. The van der Waals surface area contributed by atoms with Gasteiger partial charge in [0.1, 0.15) is 0 Å². The van der Waals surface area contributed by atoms with Gasteiger partial charge >= 0.3 is 11.9 Å². The zero-order chi connectivity index (χ0) is 39.7. The van der Waals surface area contributed by atoms with E-state index >= 15 is 0 Å². The Hall–Kier alpha value is -4.54. The Morgan fingerprint density at radius 2 is 1.25 bits per heavy atom. The van der Waals surface area contributed by atoms with Crippen molar-refractivity contribution in [3.8, 4) is 0 Å². The van der Waals surface area contributed by atoms with Crippen LogP contribution >= 0.6 is 0 Å². The summed E-state index contributed by atoms with van der Waals surface area (Å²) in [5.74, 6) is -0.615. The molecule has 0 saturated carbocycles. The number of aliphatic hydroxyl groups excluding tert-OH is 2. The molecule has 2 saturated heterocycles. The molecule has 0 bridgehead atoms. The molecule has 2 aliphatic rings. The summed E-state index contributed by atoms with van der Waals surface area (Å²) in [4.78, 5) is 50.0. The van der Waals surface area contributed by atoms with Crippen molar-refractivity contribution in [2.75, 3.05) is 20.2 Å². The predicted molar refractivity (Wildman–Crippen MR) is 215 cm³/mol. The fourth-order valence-corrected chi connectivity index (χ4v) is 6.87. The standard InChI is InChI=1S/C23H33NO4.C22H29NO4/c1-28-23(27)14-7-2-3-8-17-24-20(12-9-13-22(24)26)15-16-21(25)18-19-10-5-4-6-11-19;24-20(17-18-9-4-3-5-10-18)15-14-19-11-8-12-21(25)23(19)16-7-2-1-6-13-22(26)27/h4-6,10-11,15-16,20-21,25H,2-3,7-9,12-14,17-18H2,1H3;2-5,7,9-10,14-15,19-20,24H,1,6,8,11-13,16-17H2,(H,26,27)/b16-15+;7-2-,15-14+/t20-,21?;/m1./s1. The monoisotopic (exact) mass is 758 g/mol. The van der Waals surface area contributed by atoms with Gasteiger partial charge in [-0.05, 0) is 62.5 Å². The number of ether oxygens (including phenoxy) is 1. The van der Waals surface area contributed by atoms with Crippen LogP contribution in [0.3, 0.4) is 0 Å². The number of amides is 2. The number of carboxylic acids is 1. The van der Waals surface area contributed by atoms with Crippen LogP contribution in [0.4, 0.5) is 0 Å². The van der Waals surface area contributed by atoms with Crippen molar-refractivity contribution in [3.05, 3.63) is 108 Å². The molecule has 2 amide bonds. The van der Waals surface area contributed by atoms with Gasteiger partial charge in [-0.1, -0.05) is 110 Å². The van der Waals surface area contributed by atoms with Gasteiger partial charge in [0.15, 0.2) is 0 Å². The smallest absolute Gasteiger partial charge is 0.305 e. The third-order valence-corrected chi connectivity index (χ3v) is 9.90. The first kappa shape index (κ1) is 44.9. The van der Waals surface area contributed by atoms with Gasteiger partial charge in [-0.3, -0.25) is 19.2 Å². The van der Waals surface area contributed by atoms with E-state index in [-0.39, 0.29) is 36.3 Å². The highest BCUT2D eigenvalue weighted by atomic mass is 16.5. The fraction of sp³-hybridized carbons (Fsp3) is 0.511. The van der Waals surface area contributed by atoms with Crippen LogP contribution in [0.15, 0.2) is 97.1 Å². The maximum Gasteiger partial charge on any atom is 0.305 e. The van der Waals surface area contributed by atoms with E-state index < -0.39 is 18.2 Å². The number of piperidine rings is 2. The number of hydrogen-bond acceptors (Lipinski definition) is 7. The van der Waals surface area contributed by atoms with Crippen molar-refractivity contribution in [3.63, 3.8) is 0 Å². The lowest BCUT2D eigenvalue weighted by molar-refractivity contribution is -0.141. The summed E-state index contributed by atoms with van der Waals surface area (Å²) in [5, 5.41) is 29.2. The van der Waals surface area contributed by atoms with Gasteiger partial charge < -0.3 is 29.9 Å². The van der Waals surface area contributed by atoms with Crippen molar-refractivity contribution >= 4 is 23.8 Å². The number of likely N-dealkylation sites (tertiary alicyclic amines) is 2. The third kappa shape index (κ3) is 18.6. The molecule has 0 radical (unpaired) electrons.